The summed E-state index contributed by atoms with van der Waals surface area (Å²) >= 11 is 0. The van der Waals surface area contributed by atoms with E-state index in [0.29, 0.717) is 0 Å². The highest BCUT2D eigenvalue weighted by Gasteiger charge is 1.97. The van der Waals surface area contributed by atoms with Gasteiger partial charge < -0.3 is 22.9 Å². The Morgan fingerprint density at radius 1 is 0.321 bits per heavy atom. The van der Waals surface area contributed by atoms with Crippen LogP contribution in [-0.4, -0.2) is 0 Å². The van der Waals surface area contributed by atoms with Gasteiger partial charge in [0, 0.05) is 22.7 Å². The zero-order valence-corrected chi connectivity index (χ0v) is 15.5. The van der Waals surface area contributed by atoms with Gasteiger partial charge in [-0.3, -0.25) is 0 Å². The van der Waals surface area contributed by atoms with Crippen molar-refractivity contribution in [1.82, 2.24) is 0 Å². The van der Waals surface area contributed by atoms with Gasteiger partial charge in [0.15, 0.2) is 0 Å². The van der Waals surface area contributed by atoms with Crippen LogP contribution in [0.4, 0.5) is 22.7 Å². The summed E-state index contributed by atoms with van der Waals surface area (Å²) in [7, 11) is 0. The summed E-state index contributed by atoms with van der Waals surface area (Å²) < 4.78 is 0. The normalized spacial score (nSPS) is 10.0. The van der Waals surface area contributed by atoms with Crippen molar-refractivity contribution in [2.75, 3.05) is 22.9 Å². The molecule has 0 bridgehead atoms. The Morgan fingerprint density at radius 3 is 1.04 bits per heavy atom. The third kappa shape index (κ3) is 5.05. The molecule has 4 aromatic carbocycles. The smallest absolute Gasteiger partial charge is 0.0320 e. The molecule has 0 saturated carbocycles. The number of hydrogen-bond donors (Lipinski definition) is 4. The first-order valence-corrected chi connectivity index (χ1v) is 8.94. The molecule has 0 aliphatic heterocycles. The van der Waals surface area contributed by atoms with E-state index in [1.54, 1.807) is 0 Å². The van der Waals surface area contributed by atoms with Gasteiger partial charge in [-0.05, 0) is 70.8 Å². The summed E-state index contributed by atoms with van der Waals surface area (Å²) in [6.07, 6.45) is 0. The lowest BCUT2D eigenvalue weighted by atomic mass is 10.1. The van der Waals surface area contributed by atoms with E-state index in [1.807, 2.05) is 97.1 Å². The SMILES string of the molecule is Nc1ccc(-c2ccc(N)cc2)cc1.Nc1ccc(-c2cccc(N)c2)cc1. The van der Waals surface area contributed by atoms with Gasteiger partial charge >= 0.3 is 0 Å². The molecule has 0 fully saturated rings. The predicted octanol–water partition coefficient (Wildman–Crippen LogP) is 5.04. The van der Waals surface area contributed by atoms with Crippen molar-refractivity contribution in [2.24, 2.45) is 0 Å². The van der Waals surface area contributed by atoms with Crippen molar-refractivity contribution in [3.05, 3.63) is 97.1 Å². The number of anilines is 4. The minimum Gasteiger partial charge on any atom is -0.399 e. The summed E-state index contributed by atoms with van der Waals surface area (Å²) in [6, 6.07) is 31.1. The average molecular weight is 368 g/mol. The summed E-state index contributed by atoms with van der Waals surface area (Å²) in [4.78, 5) is 0. The lowest BCUT2D eigenvalue weighted by Crippen LogP contribution is -1.86. The van der Waals surface area contributed by atoms with E-state index >= 15 is 0 Å². The minimum absolute atomic E-state index is 0.776. The Morgan fingerprint density at radius 2 is 0.679 bits per heavy atom. The van der Waals surface area contributed by atoms with Crippen LogP contribution in [-0.2, 0) is 0 Å². The van der Waals surface area contributed by atoms with Crippen LogP contribution in [0.15, 0.2) is 97.1 Å². The first-order chi connectivity index (χ1) is 13.5. The lowest BCUT2D eigenvalue weighted by molar-refractivity contribution is 1.61. The van der Waals surface area contributed by atoms with Crippen LogP contribution in [0, 0.1) is 0 Å². The van der Waals surface area contributed by atoms with Gasteiger partial charge in [-0.1, -0.05) is 48.5 Å². The largest absolute Gasteiger partial charge is 0.399 e. The fourth-order valence-electron chi connectivity index (χ4n) is 2.74. The quantitative estimate of drug-likeness (QED) is 0.372. The van der Waals surface area contributed by atoms with Crippen molar-refractivity contribution < 1.29 is 0 Å². The van der Waals surface area contributed by atoms with Gasteiger partial charge in [0.1, 0.15) is 0 Å². The summed E-state index contributed by atoms with van der Waals surface area (Å²) in [5, 5.41) is 0. The molecule has 0 saturated heterocycles. The maximum Gasteiger partial charge on any atom is 0.0320 e. The molecule has 0 amide bonds. The minimum atomic E-state index is 0.776. The first kappa shape index (κ1) is 18.9. The summed E-state index contributed by atoms with van der Waals surface area (Å²) in [5.41, 5.74) is 30.2. The van der Waals surface area contributed by atoms with E-state index in [2.05, 4.69) is 0 Å². The molecule has 4 aromatic rings. The van der Waals surface area contributed by atoms with Gasteiger partial charge in [-0.25, -0.2) is 0 Å². The van der Waals surface area contributed by atoms with Crippen molar-refractivity contribution in [1.29, 1.82) is 0 Å². The van der Waals surface area contributed by atoms with Crippen molar-refractivity contribution in [3.63, 3.8) is 0 Å². The zero-order chi connectivity index (χ0) is 19.9. The molecule has 4 heteroatoms. The Bertz CT molecular complexity index is 978. The fourth-order valence-corrected chi connectivity index (χ4v) is 2.74. The highest BCUT2D eigenvalue weighted by Crippen LogP contribution is 2.22. The maximum absolute atomic E-state index is 5.70. The highest BCUT2D eigenvalue weighted by molar-refractivity contribution is 5.69. The molecule has 0 aliphatic carbocycles. The molecular formula is C24H24N4. The van der Waals surface area contributed by atoms with E-state index in [0.717, 1.165) is 45.0 Å². The number of nitrogens with two attached hydrogens (primary N) is 4. The van der Waals surface area contributed by atoms with E-state index in [9.17, 15) is 0 Å². The zero-order valence-electron chi connectivity index (χ0n) is 15.5. The molecule has 0 radical (unpaired) electrons. The Balaban J connectivity index is 0.000000161. The first-order valence-electron chi connectivity index (χ1n) is 8.94. The van der Waals surface area contributed by atoms with Gasteiger partial charge in [0.05, 0.1) is 0 Å². The third-order valence-electron chi connectivity index (χ3n) is 4.29. The van der Waals surface area contributed by atoms with Crippen LogP contribution in [0.2, 0.25) is 0 Å². The number of hydrogen-bond acceptors (Lipinski definition) is 4. The Kier molecular flexibility index (Phi) is 5.82. The lowest BCUT2D eigenvalue weighted by Gasteiger charge is -2.02. The fraction of sp³-hybridized carbons (Fsp3) is 0. The van der Waals surface area contributed by atoms with Gasteiger partial charge in [0.25, 0.3) is 0 Å². The number of nitrogen functional groups attached to an aromatic ring is 4. The van der Waals surface area contributed by atoms with Crippen LogP contribution in [0.5, 0.6) is 0 Å². The van der Waals surface area contributed by atoms with E-state index in [-0.39, 0.29) is 0 Å². The second-order valence-corrected chi connectivity index (χ2v) is 6.49. The second-order valence-electron chi connectivity index (χ2n) is 6.49. The van der Waals surface area contributed by atoms with Crippen LogP contribution >= 0.6 is 0 Å². The monoisotopic (exact) mass is 368 g/mol. The third-order valence-corrected chi connectivity index (χ3v) is 4.29. The van der Waals surface area contributed by atoms with Crippen molar-refractivity contribution >= 4 is 22.7 Å². The number of rotatable bonds is 2. The van der Waals surface area contributed by atoms with Crippen LogP contribution < -0.4 is 22.9 Å². The van der Waals surface area contributed by atoms with Crippen molar-refractivity contribution in [3.8, 4) is 22.3 Å². The van der Waals surface area contributed by atoms with E-state index in [1.165, 1.54) is 0 Å². The summed E-state index contributed by atoms with van der Waals surface area (Å²) in [6.45, 7) is 0. The highest BCUT2D eigenvalue weighted by atomic mass is 14.5. The van der Waals surface area contributed by atoms with Gasteiger partial charge in [0.2, 0.25) is 0 Å². The number of benzene rings is 4. The molecule has 28 heavy (non-hydrogen) atoms. The van der Waals surface area contributed by atoms with Crippen LogP contribution in [0.3, 0.4) is 0 Å². The molecular weight excluding hydrogens is 344 g/mol. The Labute approximate surface area is 165 Å². The maximum atomic E-state index is 5.70. The molecule has 140 valence electrons. The van der Waals surface area contributed by atoms with Gasteiger partial charge in [-0.2, -0.15) is 0 Å². The molecule has 0 aliphatic rings. The molecule has 0 heterocycles. The topological polar surface area (TPSA) is 104 Å². The predicted molar refractivity (Wildman–Crippen MR) is 121 cm³/mol. The van der Waals surface area contributed by atoms with E-state index in [4.69, 9.17) is 22.9 Å². The van der Waals surface area contributed by atoms with E-state index < -0.39 is 0 Å². The molecule has 8 N–H and O–H groups in total. The van der Waals surface area contributed by atoms with Crippen LogP contribution in [0.1, 0.15) is 0 Å². The Hall–Kier alpha value is -3.92. The van der Waals surface area contributed by atoms with Crippen LogP contribution in [0.25, 0.3) is 22.3 Å². The molecule has 4 nitrogen and oxygen atoms in total. The molecule has 4 rings (SSSR count). The molecule has 0 aromatic heterocycles. The second kappa shape index (κ2) is 8.64. The van der Waals surface area contributed by atoms with Crippen molar-refractivity contribution in [2.45, 2.75) is 0 Å². The standard InChI is InChI=1S/2C12H12N2/c13-11-5-1-9(2-6-11)10-3-7-12(14)8-4-10;13-11-6-4-9(5-7-11)10-2-1-3-12(14)8-10/h2*1-8H,13-14H2. The summed E-state index contributed by atoms with van der Waals surface area (Å²) in [5.74, 6) is 0. The van der Waals surface area contributed by atoms with Gasteiger partial charge in [-0.15, -0.1) is 0 Å². The average Bonchev–Trinajstić information content (AvgIpc) is 2.70. The molecule has 0 spiro atoms. The molecule has 0 unspecified atom stereocenters. The molecule has 0 atom stereocenters.